The van der Waals surface area contributed by atoms with Gasteiger partial charge in [-0.25, -0.2) is 0 Å². The van der Waals surface area contributed by atoms with Crippen LogP contribution in [0.25, 0.3) is 9.75 Å². The third-order valence-electron chi connectivity index (χ3n) is 4.17. The Kier molecular flexibility index (Phi) is 7.50. The molecule has 2 aromatic heterocycles. The van der Waals surface area contributed by atoms with E-state index in [4.69, 9.17) is 4.74 Å². The minimum absolute atomic E-state index is 0.0583. The van der Waals surface area contributed by atoms with Crippen molar-refractivity contribution in [3.8, 4) is 9.75 Å². The number of unbranched alkanes of at least 4 members (excludes halogenated alkanes) is 3. The van der Waals surface area contributed by atoms with Gasteiger partial charge in [0.05, 0.1) is 0 Å². The van der Waals surface area contributed by atoms with Crippen molar-refractivity contribution in [3.63, 3.8) is 0 Å². The topological polar surface area (TPSA) is 26.3 Å². The quantitative estimate of drug-likeness (QED) is 0.352. The van der Waals surface area contributed by atoms with E-state index in [2.05, 4.69) is 45.9 Å². The van der Waals surface area contributed by atoms with Gasteiger partial charge < -0.3 is 4.74 Å². The molecule has 2 nitrogen and oxygen atoms in total. The van der Waals surface area contributed by atoms with Gasteiger partial charge in [0.1, 0.15) is 6.10 Å². The SMILES string of the molecule is CCCCCCC(=O)OC(CC)c1cc(-c2ccc(C)s2)sc1C. The van der Waals surface area contributed by atoms with E-state index >= 15 is 0 Å². The molecule has 0 aromatic carbocycles. The Balaban J connectivity index is 2.02. The number of rotatable bonds is 9. The van der Waals surface area contributed by atoms with E-state index < -0.39 is 0 Å². The number of thiophene rings is 2. The van der Waals surface area contributed by atoms with Crippen molar-refractivity contribution >= 4 is 28.6 Å². The lowest BCUT2D eigenvalue weighted by atomic mass is 10.1. The highest BCUT2D eigenvalue weighted by Gasteiger charge is 2.20. The van der Waals surface area contributed by atoms with Gasteiger partial charge in [-0.15, -0.1) is 22.7 Å². The molecule has 0 saturated heterocycles. The summed E-state index contributed by atoms with van der Waals surface area (Å²) in [6.45, 7) is 8.52. The normalized spacial score (nSPS) is 12.3. The highest BCUT2D eigenvalue weighted by molar-refractivity contribution is 7.22. The second kappa shape index (κ2) is 9.38. The first kappa shape index (κ1) is 19.2. The molecule has 2 heterocycles. The minimum atomic E-state index is -0.116. The smallest absolute Gasteiger partial charge is 0.306 e. The fourth-order valence-corrected chi connectivity index (χ4v) is 4.81. The maximum Gasteiger partial charge on any atom is 0.306 e. The van der Waals surface area contributed by atoms with E-state index in [0.29, 0.717) is 6.42 Å². The van der Waals surface area contributed by atoms with E-state index in [0.717, 1.165) is 19.3 Å². The summed E-state index contributed by atoms with van der Waals surface area (Å²) in [7, 11) is 0. The van der Waals surface area contributed by atoms with Crippen molar-refractivity contribution in [1.82, 2.24) is 0 Å². The monoisotopic (exact) mass is 364 g/mol. The van der Waals surface area contributed by atoms with Crippen LogP contribution in [-0.4, -0.2) is 5.97 Å². The van der Waals surface area contributed by atoms with Crippen molar-refractivity contribution in [3.05, 3.63) is 33.5 Å². The largest absolute Gasteiger partial charge is 0.457 e. The van der Waals surface area contributed by atoms with E-state index in [-0.39, 0.29) is 12.1 Å². The summed E-state index contributed by atoms with van der Waals surface area (Å²) in [4.78, 5) is 17.3. The van der Waals surface area contributed by atoms with Crippen molar-refractivity contribution in [2.75, 3.05) is 0 Å². The van der Waals surface area contributed by atoms with E-state index in [9.17, 15) is 4.79 Å². The van der Waals surface area contributed by atoms with Crippen LogP contribution in [0.3, 0.4) is 0 Å². The number of carbonyl (C=O) groups is 1. The molecule has 132 valence electrons. The average Bonchev–Trinajstić information content (AvgIpc) is 3.15. The molecule has 0 aliphatic carbocycles. The molecule has 0 aliphatic heterocycles. The predicted molar refractivity (Wildman–Crippen MR) is 105 cm³/mol. The number of aryl methyl sites for hydroxylation is 2. The van der Waals surface area contributed by atoms with Gasteiger partial charge in [0.15, 0.2) is 0 Å². The summed E-state index contributed by atoms with van der Waals surface area (Å²) in [5.74, 6) is -0.0583. The van der Waals surface area contributed by atoms with E-state index in [1.165, 1.54) is 37.9 Å². The summed E-state index contributed by atoms with van der Waals surface area (Å²) in [6.07, 6.45) is 5.67. The Labute approximate surface area is 153 Å². The molecule has 2 rings (SSSR count). The Bertz CT molecular complexity index is 654. The summed E-state index contributed by atoms with van der Waals surface area (Å²) in [5.41, 5.74) is 1.17. The highest BCUT2D eigenvalue weighted by atomic mass is 32.1. The van der Waals surface area contributed by atoms with Crippen LogP contribution >= 0.6 is 22.7 Å². The molecule has 0 aliphatic rings. The first-order valence-corrected chi connectivity index (χ1v) is 10.5. The van der Waals surface area contributed by atoms with Gasteiger partial charge in [-0.3, -0.25) is 4.79 Å². The highest BCUT2D eigenvalue weighted by Crippen LogP contribution is 2.39. The van der Waals surface area contributed by atoms with Gasteiger partial charge in [-0.2, -0.15) is 0 Å². The standard InChI is InChI=1S/C20H28O2S2/c1-5-7-8-9-10-20(21)22-17(6-2)16-13-19(24-15(16)4)18-12-11-14(3)23-18/h11-13,17H,5-10H2,1-4H3. The molecule has 2 aromatic rings. The average molecular weight is 365 g/mol. The third kappa shape index (κ3) is 5.18. The molecule has 0 bridgehead atoms. The first-order valence-electron chi connectivity index (χ1n) is 8.91. The molecule has 1 unspecified atom stereocenters. The molecule has 0 amide bonds. The molecular weight excluding hydrogens is 336 g/mol. The van der Waals surface area contributed by atoms with E-state index in [1.807, 2.05) is 11.3 Å². The van der Waals surface area contributed by atoms with Crippen LogP contribution in [0.2, 0.25) is 0 Å². The lowest BCUT2D eigenvalue weighted by Crippen LogP contribution is -2.10. The molecule has 1 atom stereocenters. The molecule has 24 heavy (non-hydrogen) atoms. The van der Waals surface area contributed by atoms with Gasteiger partial charge in [-0.1, -0.05) is 33.1 Å². The van der Waals surface area contributed by atoms with Crippen LogP contribution in [0.4, 0.5) is 0 Å². The predicted octanol–water partition coefficient (Wildman–Crippen LogP) is 7.06. The van der Waals surface area contributed by atoms with Gasteiger partial charge >= 0.3 is 5.97 Å². The van der Waals surface area contributed by atoms with Crippen LogP contribution in [0.1, 0.15) is 73.8 Å². The lowest BCUT2D eigenvalue weighted by molar-refractivity contribution is -0.149. The third-order valence-corrected chi connectivity index (χ3v) is 6.43. The maximum atomic E-state index is 12.1. The molecular formula is C20H28O2S2. The Morgan fingerprint density at radius 3 is 2.50 bits per heavy atom. The van der Waals surface area contributed by atoms with Crippen LogP contribution in [0.15, 0.2) is 18.2 Å². The fraction of sp³-hybridized carbons (Fsp3) is 0.550. The summed E-state index contributed by atoms with van der Waals surface area (Å²) < 4.78 is 5.77. The second-order valence-corrected chi connectivity index (χ2v) is 8.77. The summed E-state index contributed by atoms with van der Waals surface area (Å²) >= 11 is 3.61. The maximum absolute atomic E-state index is 12.1. The van der Waals surface area contributed by atoms with Gasteiger partial charge in [-0.05, 0) is 44.9 Å². The molecule has 0 fully saturated rings. The number of ether oxygens (including phenoxy) is 1. The zero-order valence-corrected chi connectivity index (χ0v) is 16.8. The Morgan fingerprint density at radius 2 is 1.88 bits per heavy atom. The summed E-state index contributed by atoms with van der Waals surface area (Å²) in [5, 5.41) is 0. The van der Waals surface area contributed by atoms with Crippen molar-refractivity contribution < 1.29 is 9.53 Å². The van der Waals surface area contributed by atoms with Gasteiger partial charge in [0, 0.05) is 31.5 Å². The number of hydrogen-bond acceptors (Lipinski definition) is 4. The Hall–Kier alpha value is -1.13. The van der Waals surface area contributed by atoms with Crippen molar-refractivity contribution in [2.45, 2.75) is 72.3 Å². The lowest BCUT2D eigenvalue weighted by Gasteiger charge is -2.16. The molecule has 4 heteroatoms. The van der Waals surface area contributed by atoms with Gasteiger partial charge in [0.2, 0.25) is 0 Å². The molecule has 0 radical (unpaired) electrons. The van der Waals surface area contributed by atoms with Crippen LogP contribution in [0, 0.1) is 13.8 Å². The Morgan fingerprint density at radius 1 is 1.08 bits per heavy atom. The minimum Gasteiger partial charge on any atom is -0.457 e. The van der Waals surface area contributed by atoms with Crippen molar-refractivity contribution in [2.24, 2.45) is 0 Å². The number of hydrogen-bond donors (Lipinski definition) is 0. The number of carbonyl (C=O) groups excluding carboxylic acids is 1. The van der Waals surface area contributed by atoms with E-state index in [1.54, 1.807) is 11.3 Å². The van der Waals surface area contributed by atoms with Crippen LogP contribution in [-0.2, 0) is 9.53 Å². The number of esters is 1. The molecule has 0 N–H and O–H groups in total. The molecule has 0 saturated carbocycles. The zero-order chi connectivity index (χ0) is 17.5. The van der Waals surface area contributed by atoms with Gasteiger partial charge in [0.25, 0.3) is 0 Å². The van der Waals surface area contributed by atoms with Crippen LogP contribution in [0.5, 0.6) is 0 Å². The first-order chi connectivity index (χ1) is 11.5. The zero-order valence-electron chi connectivity index (χ0n) is 15.2. The van der Waals surface area contributed by atoms with Crippen LogP contribution < -0.4 is 0 Å². The molecule has 0 spiro atoms. The summed E-state index contributed by atoms with van der Waals surface area (Å²) in [6, 6.07) is 6.54. The fourth-order valence-electron chi connectivity index (χ4n) is 2.78. The second-order valence-electron chi connectivity index (χ2n) is 6.23. The van der Waals surface area contributed by atoms with Crippen molar-refractivity contribution in [1.29, 1.82) is 0 Å².